The molecule has 0 spiro atoms. The number of nitrogens with two attached hydrogens (primary N) is 1. The van der Waals surface area contributed by atoms with E-state index in [0.29, 0.717) is 19.0 Å². The molecule has 0 aromatic heterocycles. The third-order valence-electron chi connectivity index (χ3n) is 4.96. The Morgan fingerprint density at radius 1 is 1.30 bits per heavy atom. The van der Waals surface area contributed by atoms with Gasteiger partial charge in [0.15, 0.2) is 0 Å². The molecule has 2 fully saturated rings. The molecule has 0 radical (unpaired) electrons. The highest BCUT2D eigenvalue weighted by molar-refractivity contribution is 5.83. The van der Waals surface area contributed by atoms with Crippen LogP contribution in [0.1, 0.15) is 46.0 Å². The fraction of sp³-hybridized carbons (Fsp3) is 0.867. The second-order valence-electron chi connectivity index (χ2n) is 6.60. The quantitative estimate of drug-likeness (QED) is 0.806. The summed E-state index contributed by atoms with van der Waals surface area (Å²) >= 11 is 0. The van der Waals surface area contributed by atoms with E-state index >= 15 is 0 Å². The molecule has 1 aliphatic heterocycles. The van der Waals surface area contributed by atoms with Crippen LogP contribution in [0.5, 0.6) is 0 Å². The molecule has 2 aliphatic rings. The average Bonchev–Trinajstić information content (AvgIpc) is 2.87. The fourth-order valence-electron chi connectivity index (χ4n) is 3.51. The van der Waals surface area contributed by atoms with E-state index in [-0.39, 0.29) is 23.3 Å². The lowest BCUT2D eigenvalue weighted by Gasteiger charge is -2.39. The summed E-state index contributed by atoms with van der Waals surface area (Å²) in [5, 5.41) is 2.90. The number of carbonyl (C=O) groups excluding carboxylic acids is 2. The summed E-state index contributed by atoms with van der Waals surface area (Å²) in [5.74, 6) is 0.886. The van der Waals surface area contributed by atoms with Crippen molar-refractivity contribution < 1.29 is 9.59 Å². The zero-order valence-corrected chi connectivity index (χ0v) is 12.7. The molecule has 2 amide bonds. The van der Waals surface area contributed by atoms with Crippen LogP contribution in [0.25, 0.3) is 0 Å². The molecule has 1 atom stereocenters. The summed E-state index contributed by atoms with van der Waals surface area (Å²) in [5.41, 5.74) is 5.60. The van der Waals surface area contributed by atoms with E-state index in [1.807, 2.05) is 4.90 Å². The molecule has 3 N–H and O–H groups in total. The van der Waals surface area contributed by atoms with Crippen molar-refractivity contribution in [2.45, 2.75) is 52.0 Å². The van der Waals surface area contributed by atoms with Crippen LogP contribution in [0.15, 0.2) is 0 Å². The summed E-state index contributed by atoms with van der Waals surface area (Å²) < 4.78 is 0. The highest BCUT2D eigenvalue weighted by Crippen LogP contribution is 2.40. The monoisotopic (exact) mass is 281 g/mol. The normalized spacial score (nSPS) is 34.0. The molecule has 1 saturated heterocycles. The van der Waals surface area contributed by atoms with Gasteiger partial charge in [-0.05, 0) is 38.0 Å². The molecule has 5 heteroatoms. The molecule has 1 unspecified atom stereocenters. The van der Waals surface area contributed by atoms with Gasteiger partial charge in [-0.15, -0.1) is 0 Å². The third-order valence-corrected chi connectivity index (χ3v) is 4.96. The highest BCUT2D eigenvalue weighted by Gasteiger charge is 2.43. The Labute approximate surface area is 121 Å². The first kappa shape index (κ1) is 15.3. The average molecular weight is 281 g/mol. The van der Waals surface area contributed by atoms with Crippen LogP contribution in [-0.2, 0) is 9.59 Å². The van der Waals surface area contributed by atoms with E-state index in [1.54, 1.807) is 0 Å². The molecule has 0 aromatic rings. The SMILES string of the molecule is CC(=O)NC1CCN(C(=O)C2(CN)CCC(C)CC2)C1. The largest absolute Gasteiger partial charge is 0.352 e. The van der Waals surface area contributed by atoms with Gasteiger partial charge in [-0.2, -0.15) is 0 Å². The van der Waals surface area contributed by atoms with Gasteiger partial charge in [-0.1, -0.05) is 6.92 Å². The number of hydrogen-bond acceptors (Lipinski definition) is 3. The molecule has 1 heterocycles. The first-order valence-electron chi connectivity index (χ1n) is 7.73. The summed E-state index contributed by atoms with van der Waals surface area (Å²) in [7, 11) is 0. The summed E-state index contributed by atoms with van der Waals surface area (Å²) in [6.45, 7) is 5.58. The second-order valence-corrected chi connectivity index (χ2v) is 6.60. The molecule has 5 nitrogen and oxygen atoms in total. The smallest absolute Gasteiger partial charge is 0.230 e. The zero-order chi connectivity index (χ0) is 14.8. The van der Waals surface area contributed by atoms with E-state index in [4.69, 9.17) is 5.73 Å². The van der Waals surface area contributed by atoms with Crippen LogP contribution in [0.2, 0.25) is 0 Å². The predicted molar refractivity (Wildman–Crippen MR) is 77.9 cm³/mol. The second kappa shape index (κ2) is 6.12. The standard InChI is InChI=1S/C15H27N3O2/c1-11-3-6-15(10-16,7-4-11)14(20)18-8-5-13(9-18)17-12(2)19/h11,13H,3-10,16H2,1-2H3,(H,17,19). The van der Waals surface area contributed by atoms with Gasteiger partial charge in [0, 0.05) is 32.6 Å². The first-order chi connectivity index (χ1) is 9.47. The number of likely N-dealkylation sites (tertiary alicyclic amines) is 1. The first-order valence-corrected chi connectivity index (χ1v) is 7.73. The van der Waals surface area contributed by atoms with Crippen LogP contribution in [-0.4, -0.2) is 42.4 Å². The Morgan fingerprint density at radius 2 is 1.95 bits per heavy atom. The van der Waals surface area contributed by atoms with E-state index < -0.39 is 0 Å². The Kier molecular flexibility index (Phi) is 4.68. The van der Waals surface area contributed by atoms with E-state index in [1.165, 1.54) is 6.92 Å². The Balaban J connectivity index is 1.98. The molecular formula is C15H27N3O2. The maximum Gasteiger partial charge on any atom is 0.230 e. The Morgan fingerprint density at radius 3 is 2.50 bits per heavy atom. The van der Waals surface area contributed by atoms with Crippen molar-refractivity contribution in [1.29, 1.82) is 0 Å². The van der Waals surface area contributed by atoms with Crippen LogP contribution < -0.4 is 11.1 Å². The number of nitrogens with one attached hydrogen (secondary N) is 1. The van der Waals surface area contributed by atoms with Crippen LogP contribution in [0, 0.1) is 11.3 Å². The van der Waals surface area contributed by atoms with Crippen LogP contribution in [0.4, 0.5) is 0 Å². The van der Waals surface area contributed by atoms with Crippen molar-refractivity contribution in [1.82, 2.24) is 10.2 Å². The van der Waals surface area contributed by atoms with E-state index in [2.05, 4.69) is 12.2 Å². The molecule has 1 aliphatic carbocycles. The maximum atomic E-state index is 12.8. The zero-order valence-electron chi connectivity index (χ0n) is 12.7. The molecular weight excluding hydrogens is 254 g/mol. The Hall–Kier alpha value is -1.10. The van der Waals surface area contributed by atoms with Crippen molar-refractivity contribution in [3.63, 3.8) is 0 Å². The third kappa shape index (κ3) is 3.14. The Bertz CT molecular complexity index is 375. The van der Waals surface area contributed by atoms with Crippen molar-refractivity contribution in [2.75, 3.05) is 19.6 Å². The summed E-state index contributed by atoms with van der Waals surface area (Å²) in [6, 6.07) is 0.105. The minimum atomic E-state index is -0.350. The summed E-state index contributed by atoms with van der Waals surface area (Å²) in [6.07, 6.45) is 4.84. The fourth-order valence-corrected chi connectivity index (χ4v) is 3.51. The van der Waals surface area contributed by atoms with Crippen molar-refractivity contribution in [2.24, 2.45) is 17.1 Å². The van der Waals surface area contributed by atoms with Gasteiger partial charge in [0.05, 0.1) is 5.41 Å². The molecule has 114 valence electrons. The van der Waals surface area contributed by atoms with Crippen molar-refractivity contribution >= 4 is 11.8 Å². The van der Waals surface area contributed by atoms with Crippen LogP contribution in [0.3, 0.4) is 0 Å². The van der Waals surface area contributed by atoms with E-state index in [0.717, 1.165) is 38.6 Å². The molecule has 20 heavy (non-hydrogen) atoms. The highest BCUT2D eigenvalue weighted by atomic mass is 16.2. The number of rotatable bonds is 3. The minimum absolute atomic E-state index is 0.0238. The molecule has 1 saturated carbocycles. The molecule has 0 aromatic carbocycles. The lowest BCUT2D eigenvalue weighted by Crippen LogP contribution is -2.49. The minimum Gasteiger partial charge on any atom is -0.352 e. The van der Waals surface area contributed by atoms with Gasteiger partial charge in [-0.3, -0.25) is 9.59 Å². The topological polar surface area (TPSA) is 75.4 Å². The van der Waals surface area contributed by atoms with Gasteiger partial charge < -0.3 is 16.0 Å². The van der Waals surface area contributed by atoms with Gasteiger partial charge in [-0.25, -0.2) is 0 Å². The van der Waals surface area contributed by atoms with Gasteiger partial charge in [0.25, 0.3) is 0 Å². The molecule has 2 rings (SSSR count). The molecule has 0 bridgehead atoms. The predicted octanol–water partition coefficient (Wildman–Crippen LogP) is 0.879. The van der Waals surface area contributed by atoms with Crippen molar-refractivity contribution in [3.8, 4) is 0 Å². The lowest BCUT2D eigenvalue weighted by atomic mass is 9.70. The van der Waals surface area contributed by atoms with E-state index in [9.17, 15) is 9.59 Å². The number of hydrogen-bond donors (Lipinski definition) is 2. The summed E-state index contributed by atoms with van der Waals surface area (Å²) in [4.78, 5) is 25.8. The van der Waals surface area contributed by atoms with Crippen molar-refractivity contribution in [3.05, 3.63) is 0 Å². The number of nitrogens with zero attached hydrogens (tertiary/aromatic N) is 1. The van der Waals surface area contributed by atoms with Crippen LogP contribution >= 0.6 is 0 Å². The van der Waals surface area contributed by atoms with Gasteiger partial charge >= 0.3 is 0 Å². The maximum absolute atomic E-state index is 12.8. The van der Waals surface area contributed by atoms with Gasteiger partial charge in [0.2, 0.25) is 11.8 Å². The number of amides is 2. The number of carbonyl (C=O) groups is 2. The lowest BCUT2D eigenvalue weighted by molar-refractivity contribution is -0.143. The van der Waals surface area contributed by atoms with Gasteiger partial charge in [0.1, 0.15) is 0 Å².